The molecule has 1 heterocycles. The third kappa shape index (κ3) is 1.98. The number of amides is 1. The number of hydrogen-bond donors (Lipinski definition) is 1. The molecule has 0 aromatic carbocycles. The maximum Gasteiger partial charge on any atom is 0.251 e. The average Bonchev–Trinajstić information content (AvgIpc) is 1.98. The molecule has 0 aromatic rings. The standard InChI is InChI=1S/C4H5NO2S.Na/c6-3-1-2-4(8)5(3)7;/h7H,1-2H2;. The van der Waals surface area contributed by atoms with Crippen LogP contribution in [0.5, 0.6) is 0 Å². The van der Waals surface area contributed by atoms with Crippen LogP contribution in [0.1, 0.15) is 12.8 Å². The first-order valence-electron chi connectivity index (χ1n) is 2.26. The quantitative estimate of drug-likeness (QED) is 0.302. The van der Waals surface area contributed by atoms with Crippen LogP contribution < -0.4 is 0 Å². The molecular formula is C4H5NNaO2S. The fourth-order valence-corrected chi connectivity index (χ4v) is 0.769. The number of thiocarbonyl (C=S) groups is 1. The van der Waals surface area contributed by atoms with E-state index in [4.69, 9.17) is 5.21 Å². The molecule has 5 heteroatoms. The van der Waals surface area contributed by atoms with Crippen LogP contribution in [-0.2, 0) is 4.79 Å². The molecule has 1 N–H and O–H groups in total. The number of carbonyl (C=O) groups is 1. The Morgan fingerprint density at radius 3 is 2.22 bits per heavy atom. The molecule has 1 amide bonds. The molecule has 1 saturated heterocycles. The molecule has 0 saturated carbocycles. The zero-order chi connectivity index (χ0) is 6.15. The predicted molar refractivity (Wildman–Crippen MR) is 36.2 cm³/mol. The molecule has 0 aliphatic carbocycles. The minimum absolute atomic E-state index is 0. The fraction of sp³-hybridized carbons (Fsp3) is 0.500. The number of hydroxylamine groups is 2. The van der Waals surface area contributed by atoms with Crippen LogP contribution in [0.2, 0.25) is 0 Å². The Labute approximate surface area is 80.3 Å². The van der Waals surface area contributed by atoms with E-state index >= 15 is 0 Å². The van der Waals surface area contributed by atoms with Crippen LogP contribution in [-0.4, -0.2) is 50.7 Å². The van der Waals surface area contributed by atoms with Crippen molar-refractivity contribution in [2.45, 2.75) is 12.8 Å². The summed E-state index contributed by atoms with van der Waals surface area (Å²) >= 11 is 4.57. The van der Waals surface area contributed by atoms with Crippen LogP contribution in [0.15, 0.2) is 0 Å². The zero-order valence-electron chi connectivity index (χ0n) is 5.13. The van der Waals surface area contributed by atoms with Crippen LogP contribution in [0, 0.1) is 0 Å². The Hall–Kier alpha value is 0.520. The summed E-state index contributed by atoms with van der Waals surface area (Å²) in [6, 6.07) is 0. The maximum absolute atomic E-state index is 10.4. The average molecular weight is 154 g/mol. The van der Waals surface area contributed by atoms with Crippen molar-refractivity contribution in [3.8, 4) is 0 Å². The van der Waals surface area contributed by atoms with Crippen molar-refractivity contribution in [3.63, 3.8) is 0 Å². The third-order valence-electron chi connectivity index (χ3n) is 1.03. The van der Waals surface area contributed by atoms with Crippen molar-refractivity contribution in [2.24, 2.45) is 0 Å². The summed E-state index contributed by atoms with van der Waals surface area (Å²) in [5.74, 6) is -0.296. The van der Waals surface area contributed by atoms with E-state index in [1.165, 1.54) is 0 Å². The minimum atomic E-state index is -0.296. The van der Waals surface area contributed by atoms with Gasteiger partial charge in [-0.3, -0.25) is 10.0 Å². The molecule has 1 aliphatic heterocycles. The predicted octanol–water partition coefficient (Wildman–Crippen LogP) is -0.0554. The van der Waals surface area contributed by atoms with Gasteiger partial charge in [-0.05, 0) is 0 Å². The first-order chi connectivity index (χ1) is 3.72. The summed E-state index contributed by atoms with van der Waals surface area (Å²) in [5, 5.41) is 9.15. The number of hydrogen-bond acceptors (Lipinski definition) is 3. The number of rotatable bonds is 0. The van der Waals surface area contributed by atoms with Crippen LogP contribution in [0.4, 0.5) is 0 Å². The molecule has 0 unspecified atom stereocenters. The zero-order valence-corrected chi connectivity index (χ0v) is 7.94. The molecule has 0 spiro atoms. The fourth-order valence-electron chi connectivity index (χ4n) is 0.565. The third-order valence-corrected chi connectivity index (χ3v) is 1.40. The van der Waals surface area contributed by atoms with Gasteiger partial charge in [0.15, 0.2) is 0 Å². The van der Waals surface area contributed by atoms with Gasteiger partial charge in [0, 0.05) is 42.4 Å². The summed E-state index contributed by atoms with van der Waals surface area (Å²) in [4.78, 5) is 10.7. The molecule has 1 radical (unpaired) electrons. The first-order valence-corrected chi connectivity index (χ1v) is 2.67. The minimum Gasteiger partial charge on any atom is -0.280 e. The van der Waals surface area contributed by atoms with Crippen molar-refractivity contribution < 1.29 is 10.0 Å². The summed E-state index contributed by atoms with van der Waals surface area (Å²) in [6.45, 7) is 0. The summed E-state index contributed by atoms with van der Waals surface area (Å²) < 4.78 is 0. The Bertz CT molecular complexity index is 134. The SMILES string of the molecule is O=C1CCC(=S)N1O.[Na]. The first kappa shape index (κ1) is 9.52. The Morgan fingerprint density at radius 1 is 1.56 bits per heavy atom. The molecule has 0 bridgehead atoms. The van der Waals surface area contributed by atoms with Gasteiger partial charge in [0.25, 0.3) is 5.91 Å². The maximum atomic E-state index is 10.4. The van der Waals surface area contributed by atoms with Crippen molar-refractivity contribution >= 4 is 52.7 Å². The van der Waals surface area contributed by atoms with Gasteiger partial charge in [0.05, 0.1) is 0 Å². The van der Waals surface area contributed by atoms with Gasteiger partial charge in [-0.15, -0.1) is 0 Å². The molecule has 45 valence electrons. The number of carbonyl (C=O) groups excluding carboxylic acids is 1. The summed E-state index contributed by atoms with van der Waals surface area (Å²) in [6.07, 6.45) is 0.875. The Morgan fingerprint density at radius 2 is 2.11 bits per heavy atom. The summed E-state index contributed by atoms with van der Waals surface area (Å²) in [5.41, 5.74) is 0. The van der Waals surface area contributed by atoms with Crippen molar-refractivity contribution in [2.75, 3.05) is 0 Å². The van der Waals surface area contributed by atoms with E-state index < -0.39 is 0 Å². The van der Waals surface area contributed by atoms with Gasteiger partial charge in [0.1, 0.15) is 4.99 Å². The van der Waals surface area contributed by atoms with Gasteiger partial charge in [-0.1, -0.05) is 12.2 Å². The molecule has 0 atom stereocenters. The Kier molecular flexibility index (Phi) is 3.84. The number of nitrogens with zero attached hydrogens (tertiary/aromatic N) is 1. The molecule has 0 aromatic heterocycles. The smallest absolute Gasteiger partial charge is 0.251 e. The largest absolute Gasteiger partial charge is 0.280 e. The van der Waals surface area contributed by atoms with Crippen LogP contribution >= 0.6 is 12.2 Å². The van der Waals surface area contributed by atoms with Crippen molar-refractivity contribution in [1.29, 1.82) is 0 Å². The second kappa shape index (κ2) is 3.63. The van der Waals surface area contributed by atoms with E-state index in [9.17, 15) is 4.79 Å². The van der Waals surface area contributed by atoms with E-state index in [2.05, 4.69) is 12.2 Å². The molecule has 1 fully saturated rings. The topological polar surface area (TPSA) is 40.5 Å². The Balaban J connectivity index is 0.000000640. The second-order valence-electron chi connectivity index (χ2n) is 1.60. The normalized spacial score (nSPS) is 18.1. The van der Waals surface area contributed by atoms with Gasteiger partial charge in [0.2, 0.25) is 0 Å². The van der Waals surface area contributed by atoms with Crippen molar-refractivity contribution in [1.82, 2.24) is 5.06 Å². The van der Waals surface area contributed by atoms with Gasteiger partial charge in [-0.25, -0.2) is 0 Å². The van der Waals surface area contributed by atoms with E-state index in [1.807, 2.05) is 0 Å². The van der Waals surface area contributed by atoms with E-state index in [0.29, 0.717) is 22.9 Å². The molecule has 9 heavy (non-hydrogen) atoms. The summed E-state index contributed by atoms with van der Waals surface area (Å²) in [7, 11) is 0. The van der Waals surface area contributed by atoms with Crippen LogP contribution in [0.3, 0.4) is 0 Å². The second-order valence-corrected chi connectivity index (χ2v) is 2.07. The molecule has 1 rings (SSSR count). The molecular weight excluding hydrogens is 149 g/mol. The van der Waals surface area contributed by atoms with Crippen LogP contribution in [0.25, 0.3) is 0 Å². The van der Waals surface area contributed by atoms with E-state index in [-0.39, 0.29) is 35.5 Å². The van der Waals surface area contributed by atoms with Crippen molar-refractivity contribution in [3.05, 3.63) is 0 Å². The molecule has 1 aliphatic rings. The molecule has 3 nitrogen and oxygen atoms in total. The van der Waals surface area contributed by atoms with Gasteiger partial charge < -0.3 is 0 Å². The van der Waals surface area contributed by atoms with Gasteiger partial charge in [-0.2, -0.15) is 5.06 Å². The van der Waals surface area contributed by atoms with E-state index in [0.717, 1.165) is 0 Å². The van der Waals surface area contributed by atoms with Gasteiger partial charge >= 0.3 is 0 Å². The monoisotopic (exact) mass is 154 g/mol. The van der Waals surface area contributed by atoms with E-state index in [1.54, 1.807) is 0 Å².